The summed E-state index contributed by atoms with van der Waals surface area (Å²) in [5.74, 6) is 0.688. The first-order valence-electron chi connectivity index (χ1n) is 2.25. The predicted octanol–water partition coefficient (Wildman–Crippen LogP) is 1.25. The molecule has 1 rings (SSSR count). The molecule has 1 heterocycles. The minimum atomic E-state index is 0.688. The fourth-order valence-electron chi connectivity index (χ4n) is 0.432. The molecule has 0 aromatic carbocycles. The number of hydrogen-bond acceptors (Lipinski definition) is 2. The van der Waals surface area contributed by atoms with Crippen molar-refractivity contribution in [3.63, 3.8) is 0 Å². The van der Waals surface area contributed by atoms with Gasteiger partial charge in [0, 0.05) is 6.20 Å². The lowest BCUT2D eigenvalue weighted by Gasteiger charge is -1.92. The lowest BCUT2D eigenvalue weighted by molar-refractivity contribution is 0.470. The zero-order valence-electron chi connectivity index (χ0n) is 4.37. The van der Waals surface area contributed by atoms with E-state index in [1.807, 2.05) is 0 Å². The van der Waals surface area contributed by atoms with Crippen LogP contribution in [0.1, 0.15) is 0 Å². The molecule has 1 aromatic heterocycles. The Balaban J connectivity index is 2.83. The normalized spacial score (nSPS) is 8.62. The average molecular weight is 108 g/mol. The van der Waals surface area contributed by atoms with Gasteiger partial charge in [-0.15, -0.1) is 0 Å². The van der Waals surface area contributed by atoms with E-state index in [2.05, 4.69) is 16.8 Å². The first-order valence-corrected chi connectivity index (χ1v) is 2.25. The van der Waals surface area contributed by atoms with Crippen LogP contribution in [0.5, 0.6) is 5.75 Å². The molecule has 0 spiro atoms. The van der Waals surface area contributed by atoms with Gasteiger partial charge in [0.2, 0.25) is 0 Å². The number of nitrogens with zero attached hydrogens (tertiary/aromatic N) is 1. The first kappa shape index (κ1) is 5.09. The number of pyridine rings is 1. The van der Waals surface area contributed by atoms with Crippen LogP contribution in [0.2, 0.25) is 0 Å². The topological polar surface area (TPSA) is 22.1 Å². The summed E-state index contributed by atoms with van der Waals surface area (Å²) in [5.41, 5.74) is 0. The van der Waals surface area contributed by atoms with E-state index in [-0.39, 0.29) is 0 Å². The molecule has 0 saturated carbocycles. The number of hydrogen-bond donors (Lipinski definition) is 0. The van der Waals surface area contributed by atoms with Gasteiger partial charge in [-0.1, -0.05) is 0 Å². The molecule has 2 nitrogen and oxygen atoms in total. The van der Waals surface area contributed by atoms with Gasteiger partial charge in [-0.3, -0.25) is 4.98 Å². The molecule has 0 aliphatic carbocycles. The maximum absolute atomic E-state index is 4.60. The van der Waals surface area contributed by atoms with Crippen molar-refractivity contribution < 1.29 is 4.74 Å². The summed E-state index contributed by atoms with van der Waals surface area (Å²) in [4.78, 5) is 3.79. The molecule has 0 unspecified atom stereocenters. The third-order valence-electron chi connectivity index (χ3n) is 0.801. The molecule has 41 valence electrons. The van der Waals surface area contributed by atoms with E-state index in [1.54, 1.807) is 24.5 Å². The van der Waals surface area contributed by atoms with Crippen LogP contribution < -0.4 is 4.74 Å². The fraction of sp³-hybridized carbons (Fsp3) is 0. The van der Waals surface area contributed by atoms with Crippen molar-refractivity contribution in [1.29, 1.82) is 0 Å². The van der Waals surface area contributed by atoms with E-state index in [4.69, 9.17) is 0 Å². The van der Waals surface area contributed by atoms with Gasteiger partial charge in [-0.25, -0.2) is 0 Å². The van der Waals surface area contributed by atoms with Crippen molar-refractivity contribution in [3.05, 3.63) is 31.6 Å². The van der Waals surface area contributed by atoms with Gasteiger partial charge in [0.15, 0.2) is 0 Å². The molecule has 1 radical (unpaired) electrons. The monoisotopic (exact) mass is 108 g/mol. The van der Waals surface area contributed by atoms with Crippen molar-refractivity contribution in [1.82, 2.24) is 4.98 Å². The lowest BCUT2D eigenvalue weighted by atomic mass is 10.5. The Kier molecular flexibility index (Phi) is 1.47. The second-order valence-electron chi connectivity index (χ2n) is 1.33. The molecule has 0 N–H and O–H groups in total. The van der Waals surface area contributed by atoms with Crippen LogP contribution in [-0.2, 0) is 0 Å². The average Bonchev–Trinajstić information content (AvgIpc) is 1.90. The summed E-state index contributed by atoms with van der Waals surface area (Å²) in [6.45, 7) is 0. The maximum atomic E-state index is 4.60. The van der Waals surface area contributed by atoms with Crippen molar-refractivity contribution in [2.45, 2.75) is 0 Å². The highest BCUT2D eigenvalue weighted by Gasteiger charge is 1.81. The summed E-state index contributed by atoms with van der Waals surface area (Å²) in [7, 11) is 3.22. The van der Waals surface area contributed by atoms with Crippen molar-refractivity contribution in [2.75, 3.05) is 0 Å². The third-order valence-corrected chi connectivity index (χ3v) is 0.801. The van der Waals surface area contributed by atoms with Crippen LogP contribution in [0.25, 0.3) is 0 Å². The van der Waals surface area contributed by atoms with Gasteiger partial charge in [0.25, 0.3) is 0 Å². The fourth-order valence-corrected chi connectivity index (χ4v) is 0.432. The molecule has 0 amide bonds. The quantitative estimate of drug-likeness (QED) is 0.540. The van der Waals surface area contributed by atoms with Crippen LogP contribution in [0.15, 0.2) is 24.5 Å². The van der Waals surface area contributed by atoms with Gasteiger partial charge in [-0.05, 0) is 12.1 Å². The third kappa shape index (κ3) is 0.964. The lowest BCUT2D eigenvalue weighted by Crippen LogP contribution is -1.77. The number of rotatable bonds is 1. The molecule has 8 heavy (non-hydrogen) atoms. The smallest absolute Gasteiger partial charge is 0.137 e. The second kappa shape index (κ2) is 2.31. The highest BCUT2D eigenvalue weighted by atomic mass is 16.5. The minimum Gasteiger partial charge on any atom is -0.488 e. The largest absolute Gasteiger partial charge is 0.488 e. The Morgan fingerprint density at radius 3 is 2.88 bits per heavy atom. The Labute approximate surface area is 48.1 Å². The molecule has 0 bridgehead atoms. The van der Waals surface area contributed by atoms with Crippen LogP contribution in [0.4, 0.5) is 0 Å². The van der Waals surface area contributed by atoms with E-state index in [0.717, 1.165) is 0 Å². The standard InChI is InChI=1S/C6H6NO/c1-8-6-3-2-4-7-5-6/h2-5H,1H2. The highest BCUT2D eigenvalue weighted by Crippen LogP contribution is 2.03. The van der Waals surface area contributed by atoms with Crippen LogP contribution in [0.3, 0.4) is 0 Å². The Hall–Kier alpha value is -1.05. The van der Waals surface area contributed by atoms with Crippen LogP contribution >= 0.6 is 0 Å². The maximum Gasteiger partial charge on any atom is 0.137 e. The molecular weight excluding hydrogens is 102 g/mol. The van der Waals surface area contributed by atoms with Crippen molar-refractivity contribution in [3.8, 4) is 5.75 Å². The van der Waals surface area contributed by atoms with E-state index in [0.29, 0.717) is 5.75 Å². The molecule has 0 fully saturated rings. The predicted molar refractivity (Wildman–Crippen MR) is 30.2 cm³/mol. The Bertz CT molecular complexity index is 150. The second-order valence-corrected chi connectivity index (χ2v) is 1.33. The molecule has 0 aliphatic rings. The molecule has 0 atom stereocenters. The van der Waals surface area contributed by atoms with E-state index < -0.39 is 0 Å². The van der Waals surface area contributed by atoms with Gasteiger partial charge in [0.1, 0.15) is 12.9 Å². The van der Waals surface area contributed by atoms with Gasteiger partial charge in [0.05, 0.1) is 6.20 Å². The minimum absolute atomic E-state index is 0.688. The molecule has 0 aliphatic heterocycles. The SMILES string of the molecule is [CH2]Oc1cccnc1. The summed E-state index contributed by atoms with van der Waals surface area (Å²) in [6, 6.07) is 3.58. The summed E-state index contributed by atoms with van der Waals surface area (Å²) >= 11 is 0. The zero-order valence-corrected chi connectivity index (χ0v) is 4.37. The molecule has 2 heteroatoms. The summed E-state index contributed by atoms with van der Waals surface area (Å²) < 4.78 is 4.60. The Morgan fingerprint density at radius 2 is 2.50 bits per heavy atom. The first-order chi connectivity index (χ1) is 3.93. The van der Waals surface area contributed by atoms with Gasteiger partial charge < -0.3 is 4.74 Å². The molecule has 1 aromatic rings. The van der Waals surface area contributed by atoms with Crippen LogP contribution in [-0.4, -0.2) is 4.98 Å². The zero-order chi connectivity index (χ0) is 5.82. The van der Waals surface area contributed by atoms with Gasteiger partial charge in [-0.2, -0.15) is 0 Å². The van der Waals surface area contributed by atoms with E-state index in [9.17, 15) is 0 Å². The van der Waals surface area contributed by atoms with Crippen molar-refractivity contribution >= 4 is 0 Å². The molecular formula is C6H6NO. The molecule has 0 saturated heterocycles. The number of aromatic nitrogens is 1. The highest BCUT2D eigenvalue weighted by molar-refractivity contribution is 5.15. The van der Waals surface area contributed by atoms with Crippen LogP contribution in [0, 0.1) is 7.11 Å². The van der Waals surface area contributed by atoms with E-state index >= 15 is 0 Å². The Morgan fingerprint density at radius 1 is 1.62 bits per heavy atom. The summed E-state index contributed by atoms with van der Waals surface area (Å²) in [5, 5.41) is 0. The van der Waals surface area contributed by atoms with E-state index in [1.165, 1.54) is 0 Å². The van der Waals surface area contributed by atoms with Crippen molar-refractivity contribution in [2.24, 2.45) is 0 Å². The summed E-state index contributed by atoms with van der Waals surface area (Å²) in [6.07, 6.45) is 3.29. The van der Waals surface area contributed by atoms with Gasteiger partial charge >= 0.3 is 0 Å². The number of ether oxygens (including phenoxy) is 1.